The van der Waals surface area contributed by atoms with Gasteiger partial charge in [0.1, 0.15) is 11.2 Å². The number of amides is 1. The number of benzene rings is 2. The third-order valence-corrected chi connectivity index (χ3v) is 7.06. The second-order valence-corrected chi connectivity index (χ2v) is 9.72. The van der Waals surface area contributed by atoms with E-state index in [-0.39, 0.29) is 30.6 Å². The minimum atomic E-state index is -0.471. The zero-order valence-corrected chi connectivity index (χ0v) is 20.5. The largest absolute Gasteiger partial charge is 0.352 e. The van der Waals surface area contributed by atoms with Crippen LogP contribution < -0.4 is 16.6 Å². The summed E-state index contributed by atoms with van der Waals surface area (Å²) in [5.41, 5.74) is 4.07. The van der Waals surface area contributed by atoms with E-state index in [0.29, 0.717) is 10.2 Å². The van der Waals surface area contributed by atoms with Crippen LogP contribution in [0.3, 0.4) is 0 Å². The van der Waals surface area contributed by atoms with Crippen molar-refractivity contribution < 1.29 is 4.79 Å². The van der Waals surface area contributed by atoms with E-state index in [2.05, 4.69) is 17.4 Å². The third-order valence-electron chi connectivity index (χ3n) is 6.17. The summed E-state index contributed by atoms with van der Waals surface area (Å²) in [6.45, 7) is 6.03. The molecule has 2 heterocycles. The van der Waals surface area contributed by atoms with Crippen LogP contribution in [0.15, 0.2) is 69.6 Å². The molecule has 0 spiro atoms. The van der Waals surface area contributed by atoms with Crippen LogP contribution in [-0.4, -0.2) is 21.1 Å². The highest BCUT2D eigenvalue weighted by Crippen LogP contribution is 2.16. The molecule has 4 aromatic rings. The molecule has 1 N–H and O–H groups in total. The number of nitrogens with one attached hydrogen (secondary N) is 1. The lowest BCUT2D eigenvalue weighted by molar-refractivity contribution is -0.122. The fourth-order valence-electron chi connectivity index (χ4n) is 4.07. The van der Waals surface area contributed by atoms with Gasteiger partial charge in [-0.05, 0) is 67.3 Å². The summed E-state index contributed by atoms with van der Waals surface area (Å²) in [6.07, 6.45) is 1.66. The average Bonchev–Trinajstić information content (AvgIpc) is 3.31. The van der Waals surface area contributed by atoms with Crippen LogP contribution in [0.25, 0.3) is 10.2 Å². The molecule has 0 bridgehead atoms. The van der Waals surface area contributed by atoms with Crippen molar-refractivity contribution in [3.63, 3.8) is 0 Å². The number of carbonyl (C=O) groups is 1. The first-order chi connectivity index (χ1) is 16.3. The first-order valence-electron chi connectivity index (χ1n) is 11.4. The predicted molar refractivity (Wildman–Crippen MR) is 138 cm³/mol. The summed E-state index contributed by atoms with van der Waals surface area (Å²) in [5, 5.41) is 4.78. The Bertz CT molecular complexity index is 1430. The van der Waals surface area contributed by atoms with Crippen LogP contribution in [0.1, 0.15) is 35.6 Å². The molecule has 0 fully saturated rings. The maximum atomic E-state index is 13.3. The molecule has 34 heavy (non-hydrogen) atoms. The van der Waals surface area contributed by atoms with Gasteiger partial charge >= 0.3 is 5.69 Å². The molecule has 4 rings (SSSR count). The van der Waals surface area contributed by atoms with Crippen molar-refractivity contribution in [1.29, 1.82) is 0 Å². The maximum Gasteiger partial charge on any atom is 0.332 e. The van der Waals surface area contributed by atoms with E-state index in [1.54, 1.807) is 11.4 Å². The Morgan fingerprint density at radius 1 is 0.971 bits per heavy atom. The van der Waals surface area contributed by atoms with Gasteiger partial charge in [-0.25, -0.2) is 4.79 Å². The van der Waals surface area contributed by atoms with Gasteiger partial charge < -0.3 is 5.32 Å². The van der Waals surface area contributed by atoms with Crippen LogP contribution in [-0.2, 0) is 24.3 Å². The Kier molecular flexibility index (Phi) is 7.12. The van der Waals surface area contributed by atoms with Crippen molar-refractivity contribution in [2.75, 3.05) is 0 Å². The first kappa shape index (κ1) is 23.7. The second kappa shape index (κ2) is 10.2. The molecule has 0 radical (unpaired) electrons. The van der Waals surface area contributed by atoms with Crippen LogP contribution in [0.4, 0.5) is 0 Å². The number of thiophene rings is 1. The smallest absolute Gasteiger partial charge is 0.332 e. The molecule has 1 atom stereocenters. The highest BCUT2D eigenvalue weighted by Gasteiger charge is 2.17. The quantitative estimate of drug-likeness (QED) is 0.418. The standard InChI is InChI=1S/C27H29N3O3S/c1-18-9-11-22(15-19(18)2)16-30-26(32)25-23(13-14-34-25)29(27(30)33)17-24(31)28-20(3)10-12-21-7-5-4-6-8-21/h4-9,11,13-15,20H,10,12,16-17H2,1-3H3,(H,28,31). The van der Waals surface area contributed by atoms with Crippen molar-refractivity contribution in [3.8, 4) is 0 Å². The summed E-state index contributed by atoms with van der Waals surface area (Å²) >= 11 is 1.29. The molecule has 2 aromatic heterocycles. The molecular formula is C27H29N3O3S. The number of rotatable bonds is 8. The van der Waals surface area contributed by atoms with Gasteiger partial charge in [0.25, 0.3) is 5.56 Å². The first-order valence-corrected chi connectivity index (χ1v) is 12.3. The Balaban J connectivity index is 1.55. The van der Waals surface area contributed by atoms with E-state index in [4.69, 9.17) is 0 Å². The number of fused-ring (bicyclic) bond motifs is 1. The normalized spacial score (nSPS) is 12.1. The van der Waals surface area contributed by atoms with Gasteiger partial charge in [-0.2, -0.15) is 0 Å². The van der Waals surface area contributed by atoms with Crippen LogP contribution >= 0.6 is 11.3 Å². The molecule has 2 aromatic carbocycles. The van der Waals surface area contributed by atoms with E-state index in [1.807, 2.05) is 57.2 Å². The van der Waals surface area contributed by atoms with Gasteiger partial charge in [-0.3, -0.25) is 18.7 Å². The molecule has 1 amide bonds. The van der Waals surface area contributed by atoms with E-state index in [9.17, 15) is 14.4 Å². The Morgan fingerprint density at radius 2 is 1.74 bits per heavy atom. The average molecular weight is 476 g/mol. The zero-order chi connectivity index (χ0) is 24.2. The lowest BCUT2D eigenvalue weighted by Gasteiger charge is -2.16. The predicted octanol–water partition coefficient (Wildman–Crippen LogP) is 4.03. The molecule has 0 saturated heterocycles. The molecule has 176 valence electrons. The van der Waals surface area contributed by atoms with E-state index in [1.165, 1.54) is 26.0 Å². The summed E-state index contributed by atoms with van der Waals surface area (Å²) in [4.78, 5) is 39.2. The Hall–Kier alpha value is -3.45. The van der Waals surface area contributed by atoms with Gasteiger partial charge in [-0.1, -0.05) is 48.5 Å². The van der Waals surface area contributed by atoms with Crippen molar-refractivity contribution in [1.82, 2.24) is 14.5 Å². The monoisotopic (exact) mass is 475 g/mol. The number of aromatic nitrogens is 2. The van der Waals surface area contributed by atoms with Crippen molar-refractivity contribution >= 4 is 27.5 Å². The number of hydrogen-bond donors (Lipinski definition) is 1. The fraction of sp³-hybridized carbons (Fsp3) is 0.296. The molecule has 7 heteroatoms. The molecule has 0 aliphatic rings. The highest BCUT2D eigenvalue weighted by molar-refractivity contribution is 7.17. The molecule has 0 aliphatic heterocycles. The Morgan fingerprint density at radius 3 is 2.47 bits per heavy atom. The van der Waals surface area contributed by atoms with Gasteiger partial charge in [0.2, 0.25) is 5.91 Å². The van der Waals surface area contributed by atoms with E-state index < -0.39 is 5.69 Å². The van der Waals surface area contributed by atoms with Crippen LogP contribution in [0.5, 0.6) is 0 Å². The lowest BCUT2D eigenvalue weighted by Crippen LogP contribution is -2.43. The van der Waals surface area contributed by atoms with Crippen molar-refractivity contribution in [2.45, 2.75) is 52.7 Å². The van der Waals surface area contributed by atoms with Gasteiger partial charge in [0.15, 0.2) is 0 Å². The maximum absolute atomic E-state index is 13.3. The molecule has 0 saturated carbocycles. The number of carbonyl (C=O) groups excluding carboxylic acids is 1. The fourth-order valence-corrected chi connectivity index (χ4v) is 4.92. The van der Waals surface area contributed by atoms with E-state index in [0.717, 1.165) is 29.5 Å². The Labute approximate surface area is 202 Å². The number of aryl methyl sites for hydroxylation is 3. The topological polar surface area (TPSA) is 73.1 Å². The summed E-state index contributed by atoms with van der Waals surface area (Å²) < 4.78 is 3.12. The summed E-state index contributed by atoms with van der Waals surface area (Å²) in [5.74, 6) is -0.244. The third kappa shape index (κ3) is 5.20. The zero-order valence-electron chi connectivity index (χ0n) is 19.7. The summed E-state index contributed by atoms with van der Waals surface area (Å²) in [7, 11) is 0. The lowest BCUT2D eigenvalue weighted by atomic mass is 10.1. The molecule has 6 nitrogen and oxygen atoms in total. The minimum absolute atomic E-state index is 0.0391. The number of nitrogens with zero attached hydrogens (tertiary/aromatic N) is 2. The van der Waals surface area contributed by atoms with Crippen LogP contribution in [0.2, 0.25) is 0 Å². The molecule has 1 unspecified atom stereocenters. The van der Waals surface area contributed by atoms with Crippen LogP contribution in [0, 0.1) is 13.8 Å². The summed E-state index contributed by atoms with van der Waals surface area (Å²) in [6, 6.07) is 17.7. The number of hydrogen-bond acceptors (Lipinski definition) is 4. The minimum Gasteiger partial charge on any atom is -0.352 e. The SMILES string of the molecule is Cc1ccc(Cn2c(=O)c3sccc3n(CC(=O)NC(C)CCc3ccccc3)c2=O)cc1C. The second-order valence-electron chi connectivity index (χ2n) is 8.81. The highest BCUT2D eigenvalue weighted by atomic mass is 32.1. The van der Waals surface area contributed by atoms with Gasteiger partial charge in [-0.15, -0.1) is 11.3 Å². The van der Waals surface area contributed by atoms with Crippen molar-refractivity contribution in [2.24, 2.45) is 0 Å². The molecule has 0 aliphatic carbocycles. The molecular weight excluding hydrogens is 446 g/mol. The van der Waals surface area contributed by atoms with Gasteiger partial charge in [0.05, 0.1) is 12.1 Å². The van der Waals surface area contributed by atoms with Gasteiger partial charge in [0, 0.05) is 6.04 Å². The van der Waals surface area contributed by atoms with E-state index >= 15 is 0 Å². The van der Waals surface area contributed by atoms with Crippen molar-refractivity contribution in [3.05, 3.63) is 103 Å².